The molecule has 0 bridgehead atoms. The number of aromatic amines is 1. The number of rotatable bonds is 2. The molecule has 1 aliphatic heterocycles. The van der Waals surface area contributed by atoms with E-state index in [0.717, 1.165) is 25.1 Å². The normalized spacial score (nSPS) is 18.2. The van der Waals surface area contributed by atoms with Crippen molar-refractivity contribution in [2.45, 2.75) is 25.3 Å². The minimum absolute atomic E-state index is 0.0619. The van der Waals surface area contributed by atoms with Crippen LogP contribution >= 0.6 is 0 Å². The van der Waals surface area contributed by atoms with E-state index in [1.807, 2.05) is 4.90 Å². The number of benzene rings is 1. The van der Waals surface area contributed by atoms with Gasteiger partial charge in [-0.1, -0.05) is 6.07 Å². The van der Waals surface area contributed by atoms with Crippen LogP contribution in [0.1, 0.15) is 47.1 Å². The van der Waals surface area contributed by atoms with Gasteiger partial charge in [-0.2, -0.15) is 10.4 Å². The summed E-state index contributed by atoms with van der Waals surface area (Å²) in [5, 5.41) is 15.7. The number of carbonyl (C=O) groups excluding carboxylic acids is 1. The van der Waals surface area contributed by atoms with Crippen molar-refractivity contribution in [3.05, 3.63) is 47.5 Å². The summed E-state index contributed by atoms with van der Waals surface area (Å²) in [6, 6.07) is 8.80. The molecule has 0 radical (unpaired) electrons. The van der Waals surface area contributed by atoms with E-state index >= 15 is 0 Å². The Balaban J connectivity index is 1.89. The van der Waals surface area contributed by atoms with Crippen molar-refractivity contribution in [2.75, 3.05) is 6.54 Å². The number of nitrogens with zero attached hydrogens (tertiary/aromatic N) is 4. The molecule has 6 nitrogen and oxygen atoms in total. The number of piperidine rings is 1. The van der Waals surface area contributed by atoms with Crippen molar-refractivity contribution in [1.29, 1.82) is 5.26 Å². The molecule has 0 spiro atoms. The molecule has 6 heteroatoms. The van der Waals surface area contributed by atoms with E-state index in [9.17, 15) is 4.79 Å². The number of carbonyl (C=O) groups is 1. The third kappa shape index (κ3) is 2.63. The quantitative estimate of drug-likeness (QED) is 0.912. The highest BCUT2D eigenvalue weighted by molar-refractivity contribution is 5.94. The summed E-state index contributed by atoms with van der Waals surface area (Å²) < 4.78 is 0. The molecule has 3 rings (SSSR count). The van der Waals surface area contributed by atoms with E-state index in [1.54, 1.807) is 24.3 Å². The Morgan fingerprint density at radius 3 is 3.10 bits per heavy atom. The van der Waals surface area contributed by atoms with Crippen molar-refractivity contribution in [3.8, 4) is 6.07 Å². The van der Waals surface area contributed by atoms with E-state index in [4.69, 9.17) is 5.26 Å². The number of hydrogen-bond acceptors (Lipinski definition) is 4. The zero-order chi connectivity index (χ0) is 14.7. The van der Waals surface area contributed by atoms with Gasteiger partial charge in [0.05, 0.1) is 17.7 Å². The van der Waals surface area contributed by atoms with Gasteiger partial charge in [0, 0.05) is 12.1 Å². The van der Waals surface area contributed by atoms with Crippen LogP contribution in [0, 0.1) is 11.3 Å². The fourth-order valence-corrected chi connectivity index (χ4v) is 2.72. The first kappa shape index (κ1) is 13.3. The van der Waals surface area contributed by atoms with E-state index in [1.165, 1.54) is 6.33 Å². The minimum atomic E-state index is -0.0699. The Bertz CT molecular complexity index is 674. The van der Waals surface area contributed by atoms with Gasteiger partial charge in [-0.05, 0) is 37.5 Å². The Hall–Kier alpha value is -2.68. The van der Waals surface area contributed by atoms with Crippen molar-refractivity contribution < 1.29 is 4.79 Å². The van der Waals surface area contributed by atoms with E-state index in [2.05, 4.69) is 21.3 Å². The van der Waals surface area contributed by atoms with Gasteiger partial charge in [0.2, 0.25) is 0 Å². The average molecular weight is 281 g/mol. The summed E-state index contributed by atoms with van der Waals surface area (Å²) in [5.41, 5.74) is 1.04. The summed E-state index contributed by atoms with van der Waals surface area (Å²) in [6.07, 6.45) is 4.38. The van der Waals surface area contributed by atoms with Gasteiger partial charge in [0.15, 0.2) is 0 Å². The van der Waals surface area contributed by atoms with Crippen LogP contribution in [-0.4, -0.2) is 32.5 Å². The van der Waals surface area contributed by atoms with Gasteiger partial charge in [-0.3, -0.25) is 9.89 Å². The second-order valence-corrected chi connectivity index (χ2v) is 5.07. The third-order valence-electron chi connectivity index (χ3n) is 3.75. The summed E-state index contributed by atoms with van der Waals surface area (Å²) in [4.78, 5) is 18.7. The number of hydrogen-bond donors (Lipinski definition) is 1. The first-order valence-electron chi connectivity index (χ1n) is 6.96. The lowest BCUT2D eigenvalue weighted by atomic mass is 10.00. The maximum atomic E-state index is 12.7. The molecule has 1 saturated heterocycles. The molecule has 1 unspecified atom stereocenters. The SMILES string of the molecule is N#Cc1cccc(C(=O)N2CCCCC2c2ncn[nH]2)c1. The fraction of sp³-hybridized carbons (Fsp3) is 0.333. The smallest absolute Gasteiger partial charge is 0.254 e. The van der Waals surface area contributed by atoms with Crippen LogP contribution in [0.3, 0.4) is 0 Å². The molecule has 1 amide bonds. The third-order valence-corrected chi connectivity index (χ3v) is 3.75. The highest BCUT2D eigenvalue weighted by Gasteiger charge is 2.30. The molecule has 1 atom stereocenters. The predicted octanol–water partition coefficient (Wildman–Crippen LogP) is 2.04. The first-order valence-corrected chi connectivity index (χ1v) is 6.96. The largest absolute Gasteiger partial charge is 0.328 e. The number of aromatic nitrogens is 3. The summed E-state index contributed by atoms with van der Waals surface area (Å²) >= 11 is 0. The van der Waals surface area contributed by atoms with Gasteiger partial charge in [0.25, 0.3) is 5.91 Å². The Morgan fingerprint density at radius 1 is 1.43 bits per heavy atom. The van der Waals surface area contributed by atoms with Crippen LogP contribution in [0.2, 0.25) is 0 Å². The second-order valence-electron chi connectivity index (χ2n) is 5.07. The summed E-state index contributed by atoms with van der Waals surface area (Å²) in [5.74, 6) is 0.660. The van der Waals surface area contributed by atoms with Crippen LogP contribution in [0.4, 0.5) is 0 Å². The van der Waals surface area contributed by atoms with E-state index < -0.39 is 0 Å². The standard InChI is InChI=1S/C15H15N5O/c16-9-11-4-3-5-12(8-11)15(21)20-7-2-1-6-13(20)14-17-10-18-19-14/h3-5,8,10,13H,1-2,6-7H2,(H,17,18,19). The van der Waals surface area contributed by atoms with Crippen LogP contribution in [0.25, 0.3) is 0 Å². The molecule has 1 fully saturated rings. The summed E-state index contributed by atoms with van der Waals surface area (Å²) in [7, 11) is 0. The molecule has 0 aliphatic carbocycles. The lowest BCUT2D eigenvalue weighted by Gasteiger charge is -2.34. The fourth-order valence-electron chi connectivity index (χ4n) is 2.72. The van der Waals surface area contributed by atoms with E-state index in [0.29, 0.717) is 17.7 Å². The Morgan fingerprint density at radius 2 is 2.33 bits per heavy atom. The molecule has 1 aromatic heterocycles. The maximum Gasteiger partial charge on any atom is 0.254 e. The number of H-pyrrole nitrogens is 1. The van der Waals surface area contributed by atoms with Gasteiger partial charge in [-0.25, -0.2) is 4.98 Å². The van der Waals surface area contributed by atoms with Crippen LogP contribution in [-0.2, 0) is 0 Å². The molecule has 2 aromatic rings. The zero-order valence-electron chi connectivity index (χ0n) is 11.5. The summed E-state index contributed by atoms with van der Waals surface area (Å²) in [6.45, 7) is 0.695. The Labute approximate surface area is 122 Å². The van der Waals surface area contributed by atoms with Crippen LogP contribution in [0.15, 0.2) is 30.6 Å². The van der Waals surface area contributed by atoms with Crippen molar-refractivity contribution in [2.24, 2.45) is 0 Å². The van der Waals surface area contributed by atoms with Gasteiger partial charge in [-0.15, -0.1) is 0 Å². The number of nitriles is 1. The molecular weight excluding hydrogens is 266 g/mol. The van der Waals surface area contributed by atoms with Crippen molar-refractivity contribution >= 4 is 5.91 Å². The van der Waals surface area contributed by atoms with Crippen LogP contribution < -0.4 is 0 Å². The monoisotopic (exact) mass is 281 g/mol. The molecule has 2 heterocycles. The van der Waals surface area contributed by atoms with Crippen molar-refractivity contribution in [1.82, 2.24) is 20.1 Å². The molecule has 1 aromatic carbocycles. The molecule has 0 saturated carbocycles. The predicted molar refractivity (Wildman–Crippen MR) is 75.2 cm³/mol. The molecule has 106 valence electrons. The number of amides is 1. The number of nitrogens with one attached hydrogen (secondary N) is 1. The van der Waals surface area contributed by atoms with Crippen molar-refractivity contribution in [3.63, 3.8) is 0 Å². The maximum absolute atomic E-state index is 12.7. The average Bonchev–Trinajstić information content (AvgIpc) is 3.08. The molecule has 1 aliphatic rings. The van der Waals surface area contributed by atoms with Gasteiger partial charge < -0.3 is 4.90 Å². The highest BCUT2D eigenvalue weighted by atomic mass is 16.2. The zero-order valence-corrected chi connectivity index (χ0v) is 11.5. The molecular formula is C15H15N5O. The first-order chi connectivity index (χ1) is 10.3. The van der Waals surface area contributed by atoms with Crippen LogP contribution in [0.5, 0.6) is 0 Å². The van der Waals surface area contributed by atoms with E-state index in [-0.39, 0.29) is 11.9 Å². The number of likely N-dealkylation sites (tertiary alicyclic amines) is 1. The molecule has 1 N–H and O–H groups in total. The van der Waals surface area contributed by atoms with Gasteiger partial charge >= 0.3 is 0 Å². The lowest BCUT2D eigenvalue weighted by Crippen LogP contribution is -2.39. The highest BCUT2D eigenvalue weighted by Crippen LogP contribution is 2.29. The lowest BCUT2D eigenvalue weighted by molar-refractivity contribution is 0.0600. The second kappa shape index (κ2) is 5.75. The minimum Gasteiger partial charge on any atom is -0.328 e. The molecule has 21 heavy (non-hydrogen) atoms. The Kier molecular flexibility index (Phi) is 3.65. The van der Waals surface area contributed by atoms with Gasteiger partial charge in [0.1, 0.15) is 12.2 Å². The topological polar surface area (TPSA) is 85.7 Å².